The lowest BCUT2D eigenvalue weighted by molar-refractivity contribution is -0.154. The first kappa shape index (κ1) is 22.4. The van der Waals surface area contributed by atoms with Crippen LogP contribution in [0, 0.1) is 11.5 Å². The van der Waals surface area contributed by atoms with Crippen molar-refractivity contribution in [1.82, 2.24) is 9.55 Å². The van der Waals surface area contributed by atoms with Crippen LogP contribution in [0.4, 0.5) is 0 Å². The molecule has 0 aliphatic rings. The Balaban J connectivity index is 2.94. The van der Waals surface area contributed by atoms with Crippen LogP contribution in [0.15, 0.2) is 15.8 Å². The number of carbonyl (C=O) groups excluding carboxylic acids is 2. The number of hydrogen-bond acceptors (Lipinski definition) is 7. The van der Waals surface area contributed by atoms with E-state index in [0.717, 1.165) is 4.57 Å². The molecule has 0 aliphatic heterocycles. The number of nitrogens with zero attached hydrogens (tertiary/aromatic N) is 1. The van der Waals surface area contributed by atoms with E-state index in [-0.39, 0.29) is 25.5 Å². The van der Waals surface area contributed by atoms with Crippen molar-refractivity contribution in [3.8, 4) is 11.5 Å². The van der Waals surface area contributed by atoms with Crippen LogP contribution >= 0.6 is 0 Å². The van der Waals surface area contributed by atoms with Gasteiger partial charge in [-0.3, -0.25) is 23.9 Å². The van der Waals surface area contributed by atoms with Gasteiger partial charge in [0.2, 0.25) is 0 Å². The summed E-state index contributed by atoms with van der Waals surface area (Å²) >= 11 is 0. The summed E-state index contributed by atoms with van der Waals surface area (Å²) < 4.78 is 16.3. The fourth-order valence-corrected chi connectivity index (χ4v) is 2.21. The maximum atomic E-state index is 12.0. The highest BCUT2D eigenvalue weighted by molar-refractivity contribution is 6.83. The number of rotatable bonds is 7. The van der Waals surface area contributed by atoms with Gasteiger partial charge < -0.3 is 14.2 Å². The SMILES string of the molecule is CC(=O)OCC(COC(C)=O)OCn1cc(C#C[Si](C)(C)C)c(=O)[nH]c1=O. The highest BCUT2D eigenvalue weighted by atomic mass is 28.3. The van der Waals surface area contributed by atoms with Crippen LogP contribution in [0.2, 0.25) is 19.6 Å². The van der Waals surface area contributed by atoms with Gasteiger partial charge in [-0.25, -0.2) is 4.79 Å². The monoisotopic (exact) mass is 396 g/mol. The predicted octanol–water partition coefficient (Wildman–Crippen LogP) is 0.234. The summed E-state index contributed by atoms with van der Waals surface area (Å²) in [6.07, 6.45) is 0.538. The molecule has 148 valence electrons. The van der Waals surface area contributed by atoms with Crippen LogP contribution in [0.25, 0.3) is 0 Å². The lowest BCUT2D eigenvalue weighted by Crippen LogP contribution is -2.35. The van der Waals surface area contributed by atoms with Gasteiger partial charge in [-0.05, 0) is 0 Å². The zero-order valence-corrected chi connectivity index (χ0v) is 17.1. The Kier molecular flexibility index (Phi) is 8.20. The topological polar surface area (TPSA) is 117 Å². The standard InChI is InChI=1S/C17H24N2O7Si/c1-12(20)24-9-15(10-25-13(2)21)26-11-19-8-14(6-7-27(3,4)5)16(22)18-17(19)23/h8,15H,9-11H2,1-5H3,(H,18,22,23). The van der Waals surface area contributed by atoms with Gasteiger partial charge in [-0.1, -0.05) is 25.6 Å². The summed E-state index contributed by atoms with van der Waals surface area (Å²) in [5.74, 6) is 1.77. The molecule has 0 fully saturated rings. The first-order chi connectivity index (χ1) is 12.5. The molecular weight excluding hydrogens is 372 g/mol. The molecule has 0 radical (unpaired) electrons. The number of aromatic amines is 1. The third-order valence-corrected chi connectivity index (χ3v) is 3.85. The molecule has 0 aromatic carbocycles. The molecular formula is C17H24N2O7Si. The number of esters is 2. The van der Waals surface area contributed by atoms with Gasteiger partial charge in [0.1, 0.15) is 39.7 Å². The van der Waals surface area contributed by atoms with E-state index in [4.69, 9.17) is 14.2 Å². The maximum absolute atomic E-state index is 12.0. The summed E-state index contributed by atoms with van der Waals surface area (Å²) in [6.45, 7) is 8.01. The highest BCUT2D eigenvalue weighted by Gasteiger charge is 2.15. The summed E-state index contributed by atoms with van der Waals surface area (Å²) in [6, 6.07) is 0. The van der Waals surface area contributed by atoms with Gasteiger partial charge in [0.25, 0.3) is 5.56 Å². The minimum absolute atomic E-state index is 0.150. The Hall–Kier alpha value is -2.64. The van der Waals surface area contributed by atoms with Crippen molar-refractivity contribution in [3.63, 3.8) is 0 Å². The van der Waals surface area contributed by atoms with Gasteiger partial charge in [0.15, 0.2) is 0 Å². The van der Waals surface area contributed by atoms with E-state index in [9.17, 15) is 19.2 Å². The number of H-pyrrole nitrogens is 1. The Bertz CT molecular complexity index is 837. The van der Waals surface area contributed by atoms with Gasteiger partial charge in [0.05, 0.1) is 0 Å². The molecule has 0 atom stereocenters. The number of hydrogen-bond donors (Lipinski definition) is 1. The lowest BCUT2D eigenvalue weighted by Gasteiger charge is -2.18. The maximum Gasteiger partial charge on any atom is 0.330 e. The predicted molar refractivity (Wildman–Crippen MR) is 99.7 cm³/mol. The summed E-state index contributed by atoms with van der Waals surface area (Å²) in [5, 5.41) is 0. The normalized spacial score (nSPS) is 10.9. The molecule has 0 bridgehead atoms. The molecule has 0 amide bonds. The molecule has 0 aliphatic carbocycles. The smallest absolute Gasteiger partial charge is 0.330 e. The Morgan fingerprint density at radius 3 is 2.19 bits per heavy atom. The quantitative estimate of drug-likeness (QED) is 0.398. The molecule has 1 rings (SSSR count). The van der Waals surface area contributed by atoms with E-state index < -0.39 is 37.4 Å². The number of aromatic nitrogens is 2. The van der Waals surface area contributed by atoms with Crippen LogP contribution in [0.3, 0.4) is 0 Å². The van der Waals surface area contributed by atoms with Crippen LogP contribution in [-0.4, -0.2) is 48.9 Å². The van der Waals surface area contributed by atoms with E-state index >= 15 is 0 Å². The van der Waals surface area contributed by atoms with Crippen molar-refractivity contribution in [2.45, 2.75) is 46.3 Å². The molecule has 1 aromatic heterocycles. The van der Waals surface area contributed by atoms with Crippen LogP contribution < -0.4 is 11.2 Å². The summed E-state index contributed by atoms with van der Waals surface area (Å²) in [7, 11) is -1.70. The minimum atomic E-state index is -1.70. The first-order valence-electron chi connectivity index (χ1n) is 8.23. The minimum Gasteiger partial charge on any atom is -0.463 e. The zero-order chi connectivity index (χ0) is 20.6. The van der Waals surface area contributed by atoms with Crippen molar-refractivity contribution in [2.75, 3.05) is 13.2 Å². The molecule has 27 heavy (non-hydrogen) atoms. The lowest BCUT2D eigenvalue weighted by atomic mass is 10.3. The molecule has 9 nitrogen and oxygen atoms in total. The largest absolute Gasteiger partial charge is 0.463 e. The molecule has 0 saturated heterocycles. The van der Waals surface area contributed by atoms with Crippen molar-refractivity contribution >= 4 is 20.0 Å². The fourth-order valence-electron chi connectivity index (χ4n) is 1.70. The second-order valence-electron chi connectivity index (χ2n) is 6.79. The Morgan fingerprint density at radius 2 is 1.70 bits per heavy atom. The molecule has 1 heterocycles. The zero-order valence-electron chi connectivity index (χ0n) is 16.1. The van der Waals surface area contributed by atoms with Gasteiger partial charge in [-0.15, -0.1) is 5.54 Å². The molecule has 0 saturated carbocycles. The van der Waals surface area contributed by atoms with Crippen molar-refractivity contribution in [2.24, 2.45) is 0 Å². The van der Waals surface area contributed by atoms with Crippen molar-refractivity contribution in [3.05, 3.63) is 32.6 Å². The highest BCUT2D eigenvalue weighted by Crippen LogP contribution is 2.00. The van der Waals surface area contributed by atoms with Crippen LogP contribution in [0.1, 0.15) is 19.4 Å². The van der Waals surface area contributed by atoms with E-state index in [1.54, 1.807) is 0 Å². The van der Waals surface area contributed by atoms with Gasteiger partial charge in [0, 0.05) is 20.0 Å². The summed E-state index contributed by atoms with van der Waals surface area (Å²) in [5.41, 5.74) is 1.96. The fraction of sp³-hybridized carbons (Fsp3) is 0.529. The summed E-state index contributed by atoms with van der Waals surface area (Å²) in [4.78, 5) is 47.9. The second kappa shape index (κ2) is 9.89. The van der Waals surface area contributed by atoms with Crippen molar-refractivity contribution in [1.29, 1.82) is 0 Å². The van der Waals surface area contributed by atoms with Gasteiger partial charge >= 0.3 is 17.6 Å². The third-order valence-electron chi connectivity index (χ3n) is 2.98. The van der Waals surface area contributed by atoms with Gasteiger partial charge in [-0.2, -0.15) is 0 Å². The molecule has 1 aromatic rings. The van der Waals surface area contributed by atoms with Crippen LogP contribution in [0.5, 0.6) is 0 Å². The molecule has 0 spiro atoms. The second-order valence-corrected chi connectivity index (χ2v) is 11.5. The molecule has 10 heteroatoms. The van der Waals surface area contributed by atoms with E-state index in [2.05, 4.69) is 16.4 Å². The van der Waals surface area contributed by atoms with E-state index in [1.807, 2.05) is 19.6 Å². The average Bonchev–Trinajstić information content (AvgIpc) is 2.53. The van der Waals surface area contributed by atoms with Crippen molar-refractivity contribution < 1.29 is 23.8 Å². The van der Waals surface area contributed by atoms with E-state index in [1.165, 1.54) is 20.0 Å². The van der Waals surface area contributed by atoms with Crippen LogP contribution in [-0.2, 0) is 30.5 Å². The molecule has 0 unspecified atom stereocenters. The van der Waals surface area contributed by atoms with E-state index in [0.29, 0.717) is 0 Å². The average molecular weight is 396 g/mol. The number of ether oxygens (including phenoxy) is 3. The molecule has 1 N–H and O–H groups in total. The first-order valence-corrected chi connectivity index (χ1v) is 11.7. The third kappa shape index (κ3) is 9.03. The number of carbonyl (C=O) groups is 2. The Labute approximate surface area is 157 Å². The number of nitrogens with one attached hydrogen (secondary N) is 1. The Morgan fingerprint density at radius 1 is 1.15 bits per heavy atom.